The van der Waals surface area contributed by atoms with E-state index < -0.39 is 152 Å². The van der Waals surface area contributed by atoms with Crippen molar-refractivity contribution in [2.75, 3.05) is 19.7 Å². The Morgan fingerprint density at radius 2 is 1.26 bits per heavy atom. The Bertz CT molecular complexity index is 2230. The molecule has 0 bridgehead atoms. The number of aliphatic carboxylic acids is 2. The van der Waals surface area contributed by atoms with Crippen LogP contribution >= 0.6 is 0 Å². The molecule has 70 heavy (non-hydrogen) atoms. The Morgan fingerprint density at radius 1 is 0.686 bits per heavy atom. The van der Waals surface area contributed by atoms with Crippen LogP contribution in [-0.4, -0.2) is 176 Å². The average molecular weight is 990 g/mol. The van der Waals surface area contributed by atoms with E-state index in [9.17, 15) is 78.3 Å². The third-order valence-electron chi connectivity index (χ3n) is 10.9. The van der Waals surface area contributed by atoms with Crippen molar-refractivity contribution >= 4 is 76.0 Å². The van der Waals surface area contributed by atoms with Crippen molar-refractivity contribution in [3.05, 3.63) is 36.0 Å². The molecule has 1 saturated heterocycles. The third-order valence-corrected chi connectivity index (χ3v) is 10.9. The van der Waals surface area contributed by atoms with Crippen molar-refractivity contribution in [1.29, 1.82) is 0 Å². The second-order valence-electron chi connectivity index (χ2n) is 17.2. The molecule has 3 rings (SSSR count). The highest BCUT2D eigenvalue weighted by molar-refractivity contribution is 5.99. The number of aliphatic hydroxyl groups excluding tert-OH is 3. The lowest BCUT2D eigenvalue weighted by atomic mass is 10.00. The molecule has 10 atom stereocenters. The number of rotatable bonds is 28. The van der Waals surface area contributed by atoms with Gasteiger partial charge in [-0.05, 0) is 57.2 Å². The zero-order valence-corrected chi connectivity index (χ0v) is 38.9. The molecule has 0 spiro atoms. The van der Waals surface area contributed by atoms with Crippen LogP contribution in [0, 0.1) is 5.92 Å². The summed E-state index contributed by atoms with van der Waals surface area (Å²) in [5.74, 6) is -13.1. The number of hydrogen-bond donors (Lipinski definition) is 16. The van der Waals surface area contributed by atoms with E-state index in [0.717, 1.165) is 20.3 Å². The van der Waals surface area contributed by atoms with Gasteiger partial charge < -0.3 is 84.1 Å². The fraction of sp³-hybridized carbons (Fsp3) is 0.558. The van der Waals surface area contributed by atoms with E-state index in [1.54, 1.807) is 38.1 Å². The molecule has 27 heteroatoms. The quantitative estimate of drug-likeness (QED) is 0.0378. The lowest BCUT2D eigenvalue weighted by Crippen LogP contribution is -2.61. The summed E-state index contributed by atoms with van der Waals surface area (Å²) in [5.41, 5.74) is 6.38. The highest BCUT2D eigenvalue weighted by Crippen LogP contribution is 2.20. The van der Waals surface area contributed by atoms with E-state index in [0.29, 0.717) is 29.4 Å². The van der Waals surface area contributed by atoms with Gasteiger partial charge in [-0.25, -0.2) is 4.79 Å². The molecule has 1 fully saturated rings. The molecule has 1 aliphatic heterocycles. The molecule has 0 saturated carbocycles. The standard InChI is InChI=1S/C43H63N11O16/c1-19(2)12-26(38(64)50-28(14-31(44)58)41(67)54-35(21(4)57)43(69)70)48-39(65)27(13-22-16-46-24-9-6-5-8-23(22)24)49-40(66)29(15-33(60)61)51-42(68)34(20(3)56)53-32(59)17-47-36(62)30(18-55)52-37(63)25-10-7-11-45-25/h5-6,8-9,16,19-21,25-30,34-35,45-46,55-57H,7,10-15,17-18H2,1-4H3,(H2,44,58)(H,47,62)(H,48,65)(H,49,66)(H,50,64)(H,51,68)(H,52,63)(H,53,59)(H,54,67)(H,60,61)(H,69,70)/t20-,21-,25+,26+,27+,28+,29+,30+,34+,35+/m1/s1. The number of carbonyl (C=O) groups is 11. The van der Waals surface area contributed by atoms with Crippen molar-refractivity contribution in [3.63, 3.8) is 0 Å². The van der Waals surface area contributed by atoms with Crippen molar-refractivity contribution in [2.24, 2.45) is 11.7 Å². The van der Waals surface area contributed by atoms with Crippen molar-refractivity contribution in [2.45, 2.75) is 127 Å². The molecule has 2 aromatic rings. The Hall–Kier alpha value is -7.23. The molecule has 386 valence electrons. The van der Waals surface area contributed by atoms with E-state index in [1.165, 1.54) is 6.20 Å². The second-order valence-corrected chi connectivity index (χ2v) is 17.2. The van der Waals surface area contributed by atoms with Gasteiger partial charge >= 0.3 is 11.9 Å². The molecule has 2 heterocycles. The van der Waals surface area contributed by atoms with Crippen LogP contribution < -0.4 is 53.6 Å². The summed E-state index contributed by atoms with van der Waals surface area (Å²) < 4.78 is 0. The van der Waals surface area contributed by atoms with Crippen molar-refractivity contribution < 1.29 is 78.3 Å². The normalized spacial score (nSPS) is 17.2. The van der Waals surface area contributed by atoms with Gasteiger partial charge in [0.15, 0.2) is 6.04 Å². The van der Waals surface area contributed by atoms with E-state index >= 15 is 0 Å². The predicted octanol–water partition coefficient (Wildman–Crippen LogP) is -5.79. The van der Waals surface area contributed by atoms with Gasteiger partial charge in [-0.1, -0.05) is 32.0 Å². The Kier molecular flexibility index (Phi) is 22.1. The van der Waals surface area contributed by atoms with Gasteiger partial charge in [-0.2, -0.15) is 0 Å². The van der Waals surface area contributed by atoms with Crippen LogP contribution in [0.2, 0.25) is 0 Å². The van der Waals surface area contributed by atoms with Crippen LogP contribution in [0.5, 0.6) is 0 Å². The van der Waals surface area contributed by atoms with Gasteiger partial charge in [0, 0.05) is 23.5 Å². The van der Waals surface area contributed by atoms with Gasteiger partial charge in [0.05, 0.1) is 44.2 Å². The minimum absolute atomic E-state index is 0.119. The van der Waals surface area contributed by atoms with Crippen molar-refractivity contribution in [1.82, 2.24) is 52.8 Å². The zero-order valence-electron chi connectivity index (χ0n) is 38.9. The maximum absolute atomic E-state index is 14.3. The Labute approximate surface area is 400 Å². The first kappa shape index (κ1) is 57.1. The summed E-state index contributed by atoms with van der Waals surface area (Å²) in [4.78, 5) is 146. The molecule has 27 nitrogen and oxygen atoms in total. The van der Waals surface area contributed by atoms with E-state index in [4.69, 9.17) is 5.73 Å². The molecular formula is C43H63N11O16. The summed E-state index contributed by atoms with van der Waals surface area (Å²) in [6, 6.07) is -5.82. The highest BCUT2D eigenvalue weighted by Gasteiger charge is 2.37. The maximum atomic E-state index is 14.3. The van der Waals surface area contributed by atoms with Gasteiger partial charge in [0.25, 0.3) is 0 Å². The number of aromatic amines is 1. The largest absolute Gasteiger partial charge is 0.481 e. The van der Waals surface area contributed by atoms with Crippen molar-refractivity contribution in [3.8, 4) is 0 Å². The van der Waals surface area contributed by atoms with E-state index in [1.807, 2.05) is 5.32 Å². The fourth-order valence-corrected chi connectivity index (χ4v) is 7.24. The zero-order chi connectivity index (χ0) is 52.4. The first-order valence-electron chi connectivity index (χ1n) is 22.3. The van der Waals surface area contributed by atoms with Crippen LogP contribution in [0.1, 0.15) is 65.4 Å². The van der Waals surface area contributed by atoms with Crippen LogP contribution in [-0.2, 0) is 59.2 Å². The number of carboxylic acids is 2. The summed E-state index contributed by atoms with van der Waals surface area (Å²) in [7, 11) is 0. The summed E-state index contributed by atoms with van der Waals surface area (Å²) in [6.07, 6.45) is -2.90. The maximum Gasteiger partial charge on any atom is 0.328 e. The molecule has 0 unspecified atom stereocenters. The van der Waals surface area contributed by atoms with Gasteiger partial charge in [-0.3, -0.25) is 47.9 Å². The third kappa shape index (κ3) is 17.7. The number of carbonyl (C=O) groups excluding carboxylic acids is 9. The number of nitrogens with two attached hydrogens (primary N) is 1. The molecule has 1 aliphatic rings. The number of para-hydroxylation sites is 1. The van der Waals surface area contributed by atoms with E-state index in [2.05, 4.69) is 47.5 Å². The number of benzene rings is 1. The minimum atomic E-state index is -1.98. The number of amides is 9. The summed E-state index contributed by atoms with van der Waals surface area (Å²) >= 11 is 0. The number of nitrogens with one attached hydrogen (secondary N) is 10. The van der Waals surface area contributed by atoms with E-state index in [-0.39, 0.29) is 18.8 Å². The average Bonchev–Trinajstić information content (AvgIpc) is 3.97. The first-order chi connectivity index (χ1) is 32.9. The summed E-state index contributed by atoms with van der Waals surface area (Å²) in [6.45, 7) is 4.45. The lowest BCUT2D eigenvalue weighted by Gasteiger charge is -2.28. The smallest absolute Gasteiger partial charge is 0.328 e. The molecule has 17 N–H and O–H groups in total. The highest BCUT2D eigenvalue weighted by atomic mass is 16.4. The Morgan fingerprint density at radius 3 is 1.83 bits per heavy atom. The van der Waals surface area contributed by atoms with Gasteiger partial charge in [-0.15, -0.1) is 0 Å². The van der Waals surface area contributed by atoms with Crippen LogP contribution in [0.25, 0.3) is 10.9 Å². The molecule has 0 radical (unpaired) electrons. The fourth-order valence-electron chi connectivity index (χ4n) is 7.24. The molecule has 1 aromatic carbocycles. The number of fused-ring (bicyclic) bond motifs is 1. The van der Waals surface area contributed by atoms with Gasteiger partial charge in [0.2, 0.25) is 53.2 Å². The number of aromatic nitrogens is 1. The lowest BCUT2D eigenvalue weighted by molar-refractivity contribution is -0.145. The van der Waals surface area contributed by atoms with Crippen LogP contribution in [0.3, 0.4) is 0 Å². The SMILES string of the molecule is CC(C)C[C@H](NC(=O)[C@H](Cc1c[nH]c2ccccc12)NC(=O)[C@H](CC(=O)O)NC(=O)[C@@H](NC(=O)CNC(=O)[C@H](CO)NC(=O)[C@@H]1CCCN1)[C@@H](C)O)C(=O)N[C@@H](CC(N)=O)C(=O)N[C@H](C(=O)O)[C@@H](C)O. The number of primary amides is 1. The monoisotopic (exact) mass is 989 g/mol. The minimum Gasteiger partial charge on any atom is -0.481 e. The first-order valence-corrected chi connectivity index (χ1v) is 22.3. The number of aliphatic hydroxyl groups is 3. The number of H-pyrrole nitrogens is 1. The summed E-state index contributed by atoms with van der Waals surface area (Å²) in [5, 5.41) is 70.9. The predicted molar refractivity (Wildman–Crippen MR) is 243 cm³/mol. The molecule has 0 aliphatic carbocycles. The Balaban J connectivity index is 1.86. The van der Waals surface area contributed by atoms with Gasteiger partial charge in [0.1, 0.15) is 36.3 Å². The number of carboxylic acid groups (broad SMARTS) is 2. The molecular weight excluding hydrogens is 927 g/mol. The second kappa shape index (κ2) is 27.1. The topological polar surface area (TPSA) is 439 Å². The molecule has 1 aromatic heterocycles. The number of hydrogen-bond acceptors (Lipinski definition) is 15. The van der Waals surface area contributed by atoms with Crippen LogP contribution in [0.4, 0.5) is 0 Å². The van der Waals surface area contributed by atoms with Crippen LogP contribution in [0.15, 0.2) is 30.5 Å². The molecule has 9 amide bonds.